The quantitative estimate of drug-likeness (QED) is 0.875. The molecule has 0 aliphatic carbocycles. The number of aryl methyl sites for hydroxylation is 1. The average molecular weight is 301 g/mol. The fraction of sp³-hybridized carbons (Fsp3) is 0.571. The molecule has 0 fully saturated rings. The number of aliphatic hydroxyl groups is 2. The molecule has 96 valence electrons. The standard InChI is InChI=1S/C14H21BrO2/c1-4-11(8-14(17)10(3)16)12-6-5-9(2)13(15)7-12/h5-7,10-11,14,16-17H,4,8H2,1-3H3. The Morgan fingerprint density at radius 2 is 1.94 bits per heavy atom. The van der Waals surface area contributed by atoms with E-state index in [2.05, 4.69) is 48.0 Å². The van der Waals surface area contributed by atoms with Gasteiger partial charge in [-0.2, -0.15) is 0 Å². The second kappa shape index (κ2) is 6.53. The monoisotopic (exact) mass is 300 g/mol. The van der Waals surface area contributed by atoms with Gasteiger partial charge in [-0.05, 0) is 49.8 Å². The Kier molecular flexibility index (Phi) is 5.63. The van der Waals surface area contributed by atoms with Crippen LogP contribution in [-0.2, 0) is 0 Å². The molecular weight excluding hydrogens is 280 g/mol. The van der Waals surface area contributed by atoms with Gasteiger partial charge in [0.1, 0.15) is 0 Å². The second-order valence-corrected chi connectivity index (χ2v) is 5.51. The summed E-state index contributed by atoms with van der Waals surface area (Å²) < 4.78 is 1.10. The molecule has 0 bridgehead atoms. The van der Waals surface area contributed by atoms with Gasteiger partial charge < -0.3 is 10.2 Å². The van der Waals surface area contributed by atoms with Crippen LogP contribution in [0.3, 0.4) is 0 Å². The molecule has 2 nitrogen and oxygen atoms in total. The number of hydrogen-bond donors (Lipinski definition) is 2. The third kappa shape index (κ3) is 4.09. The molecule has 1 aromatic rings. The number of aliphatic hydroxyl groups excluding tert-OH is 2. The maximum atomic E-state index is 9.75. The Bertz CT molecular complexity index is 363. The first-order chi connectivity index (χ1) is 7.95. The van der Waals surface area contributed by atoms with Crippen LogP contribution in [0.15, 0.2) is 22.7 Å². The predicted molar refractivity (Wildman–Crippen MR) is 74.2 cm³/mol. The summed E-state index contributed by atoms with van der Waals surface area (Å²) in [4.78, 5) is 0. The molecule has 0 aliphatic heterocycles. The van der Waals surface area contributed by atoms with E-state index in [1.807, 2.05) is 0 Å². The van der Waals surface area contributed by atoms with Gasteiger partial charge in [0, 0.05) is 4.47 Å². The van der Waals surface area contributed by atoms with Crippen LogP contribution in [0.25, 0.3) is 0 Å². The molecular formula is C14H21BrO2. The number of hydrogen-bond acceptors (Lipinski definition) is 2. The van der Waals surface area contributed by atoms with Crippen molar-refractivity contribution in [1.82, 2.24) is 0 Å². The minimum Gasteiger partial charge on any atom is -0.391 e. The molecule has 0 saturated carbocycles. The lowest BCUT2D eigenvalue weighted by atomic mass is 9.89. The number of rotatable bonds is 5. The van der Waals surface area contributed by atoms with E-state index in [1.165, 1.54) is 11.1 Å². The second-order valence-electron chi connectivity index (χ2n) is 4.66. The van der Waals surface area contributed by atoms with Crippen LogP contribution in [0.4, 0.5) is 0 Å². The van der Waals surface area contributed by atoms with Crippen molar-refractivity contribution >= 4 is 15.9 Å². The maximum Gasteiger partial charge on any atom is 0.0802 e. The van der Waals surface area contributed by atoms with Gasteiger partial charge in [-0.25, -0.2) is 0 Å². The minimum absolute atomic E-state index is 0.288. The van der Waals surface area contributed by atoms with Crippen molar-refractivity contribution in [1.29, 1.82) is 0 Å². The van der Waals surface area contributed by atoms with Gasteiger partial charge >= 0.3 is 0 Å². The summed E-state index contributed by atoms with van der Waals surface area (Å²) in [5.74, 6) is 0.288. The van der Waals surface area contributed by atoms with Gasteiger partial charge in [0.15, 0.2) is 0 Å². The Morgan fingerprint density at radius 3 is 2.41 bits per heavy atom. The van der Waals surface area contributed by atoms with Gasteiger partial charge in [-0.1, -0.05) is 35.0 Å². The van der Waals surface area contributed by atoms with Crippen LogP contribution in [-0.4, -0.2) is 22.4 Å². The molecule has 1 aromatic carbocycles. The highest BCUT2D eigenvalue weighted by Gasteiger charge is 2.18. The van der Waals surface area contributed by atoms with Gasteiger partial charge in [-0.3, -0.25) is 0 Å². The third-order valence-electron chi connectivity index (χ3n) is 3.24. The minimum atomic E-state index is -0.669. The van der Waals surface area contributed by atoms with Crippen molar-refractivity contribution in [3.8, 4) is 0 Å². The first-order valence-electron chi connectivity index (χ1n) is 6.07. The van der Waals surface area contributed by atoms with E-state index in [0.717, 1.165) is 10.9 Å². The van der Waals surface area contributed by atoms with E-state index in [-0.39, 0.29) is 5.92 Å². The lowest BCUT2D eigenvalue weighted by molar-refractivity contribution is 0.0215. The fourth-order valence-electron chi connectivity index (χ4n) is 1.89. The van der Waals surface area contributed by atoms with E-state index in [0.29, 0.717) is 6.42 Å². The van der Waals surface area contributed by atoms with Crippen molar-refractivity contribution in [2.24, 2.45) is 0 Å². The highest BCUT2D eigenvalue weighted by atomic mass is 79.9. The fourth-order valence-corrected chi connectivity index (χ4v) is 2.29. The third-order valence-corrected chi connectivity index (χ3v) is 4.10. The highest BCUT2D eigenvalue weighted by Crippen LogP contribution is 2.29. The van der Waals surface area contributed by atoms with Crippen LogP contribution < -0.4 is 0 Å². The summed E-state index contributed by atoms with van der Waals surface area (Å²) >= 11 is 3.53. The van der Waals surface area contributed by atoms with E-state index >= 15 is 0 Å². The first kappa shape index (κ1) is 14.7. The van der Waals surface area contributed by atoms with Gasteiger partial charge in [0.25, 0.3) is 0 Å². The normalized spacial score (nSPS) is 16.6. The van der Waals surface area contributed by atoms with E-state index in [4.69, 9.17) is 0 Å². The molecule has 0 aliphatic rings. The van der Waals surface area contributed by atoms with E-state index in [9.17, 15) is 10.2 Å². The summed E-state index contributed by atoms with van der Waals surface area (Å²) in [6, 6.07) is 6.29. The lowest BCUT2D eigenvalue weighted by Gasteiger charge is -2.21. The van der Waals surface area contributed by atoms with Gasteiger partial charge in [0.2, 0.25) is 0 Å². The van der Waals surface area contributed by atoms with Crippen LogP contribution >= 0.6 is 15.9 Å². The van der Waals surface area contributed by atoms with Gasteiger partial charge in [-0.15, -0.1) is 0 Å². The van der Waals surface area contributed by atoms with E-state index < -0.39 is 12.2 Å². The summed E-state index contributed by atoms with van der Waals surface area (Å²) in [5.41, 5.74) is 2.42. The molecule has 0 radical (unpaired) electrons. The van der Waals surface area contributed by atoms with Gasteiger partial charge in [0.05, 0.1) is 12.2 Å². The number of halogens is 1. The SMILES string of the molecule is CCC(CC(O)C(C)O)c1ccc(C)c(Br)c1. The molecule has 3 atom stereocenters. The molecule has 0 spiro atoms. The molecule has 0 heterocycles. The van der Waals surface area contributed by atoms with Crippen molar-refractivity contribution < 1.29 is 10.2 Å². The molecule has 2 N–H and O–H groups in total. The summed E-state index contributed by atoms with van der Waals surface area (Å²) in [7, 11) is 0. The molecule has 0 aromatic heterocycles. The van der Waals surface area contributed by atoms with Crippen molar-refractivity contribution in [3.05, 3.63) is 33.8 Å². The largest absolute Gasteiger partial charge is 0.391 e. The topological polar surface area (TPSA) is 40.5 Å². The van der Waals surface area contributed by atoms with E-state index in [1.54, 1.807) is 6.92 Å². The molecule has 1 rings (SSSR count). The molecule has 0 saturated heterocycles. The van der Waals surface area contributed by atoms with Crippen LogP contribution in [0, 0.1) is 6.92 Å². The summed E-state index contributed by atoms with van der Waals surface area (Å²) in [6.07, 6.45) is 0.237. The zero-order chi connectivity index (χ0) is 13.0. The highest BCUT2D eigenvalue weighted by molar-refractivity contribution is 9.10. The zero-order valence-corrected chi connectivity index (χ0v) is 12.2. The molecule has 3 heteroatoms. The van der Waals surface area contributed by atoms with Crippen molar-refractivity contribution in [2.75, 3.05) is 0 Å². The number of benzene rings is 1. The van der Waals surface area contributed by atoms with Crippen molar-refractivity contribution in [3.63, 3.8) is 0 Å². The molecule has 3 unspecified atom stereocenters. The molecule has 17 heavy (non-hydrogen) atoms. The lowest BCUT2D eigenvalue weighted by Crippen LogP contribution is -2.24. The Labute approximate surface area is 112 Å². The van der Waals surface area contributed by atoms with Crippen LogP contribution in [0.5, 0.6) is 0 Å². The summed E-state index contributed by atoms with van der Waals surface area (Å²) in [5, 5.41) is 19.1. The Hall–Kier alpha value is -0.380. The average Bonchev–Trinajstić information content (AvgIpc) is 2.29. The first-order valence-corrected chi connectivity index (χ1v) is 6.87. The van der Waals surface area contributed by atoms with Crippen LogP contribution in [0.1, 0.15) is 43.7 Å². The zero-order valence-electron chi connectivity index (χ0n) is 10.7. The Morgan fingerprint density at radius 1 is 1.29 bits per heavy atom. The smallest absolute Gasteiger partial charge is 0.0802 e. The Balaban J connectivity index is 2.82. The predicted octanol–water partition coefficient (Wildman–Crippen LogP) is 3.38. The van der Waals surface area contributed by atoms with Crippen LogP contribution in [0.2, 0.25) is 0 Å². The van der Waals surface area contributed by atoms with Crippen molar-refractivity contribution in [2.45, 2.75) is 51.7 Å². The maximum absolute atomic E-state index is 9.75. The summed E-state index contributed by atoms with van der Waals surface area (Å²) in [6.45, 7) is 5.79. The molecule has 0 amide bonds.